The van der Waals surface area contributed by atoms with Crippen LogP contribution in [0.5, 0.6) is 0 Å². The van der Waals surface area contributed by atoms with Gasteiger partial charge in [0.15, 0.2) is 5.82 Å². The molecule has 13 nitrogen and oxygen atoms in total. The minimum Gasteiger partial charge on any atom is -0.305 e. The van der Waals surface area contributed by atoms with Crippen molar-refractivity contribution in [3.8, 4) is 101 Å². The molecule has 3 radical (unpaired) electrons. The Bertz CT molecular complexity index is 4630. The Morgan fingerprint density at radius 1 is 0.220 bits per heavy atom. The van der Waals surface area contributed by atoms with E-state index in [1.54, 1.807) is 24.8 Å². The summed E-state index contributed by atoms with van der Waals surface area (Å²) in [7, 11) is 0. The first-order valence-corrected chi connectivity index (χ1v) is 31.2. The molecular formula is C84H67Ir3N13-6. The van der Waals surface area contributed by atoms with E-state index in [-0.39, 0.29) is 60.3 Å². The molecule has 15 aromatic rings. The third-order valence-electron chi connectivity index (χ3n) is 14.2. The summed E-state index contributed by atoms with van der Waals surface area (Å²) < 4.78 is 0. The molecule has 9 heterocycles. The van der Waals surface area contributed by atoms with Crippen molar-refractivity contribution in [2.75, 3.05) is 0 Å². The molecule has 0 amide bonds. The minimum atomic E-state index is 0. The Labute approximate surface area is 626 Å². The number of benzene rings is 6. The van der Waals surface area contributed by atoms with Crippen molar-refractivity contribution in [2.24, 2.45) is 0 Å². The molecule has 0 aliphatic rings. The smallest absolute Gasteiger partial charge is 0.162 e. The first-order valence-electron chi connectivity index (χ1n) is 31.2. The van der Waals surface area contributed by atoms with Crippen molar-refractivity contribution in [1.29, 1.82) is 0 Å². The molecule has 0 saturated heterocycles. The van der Waals surface area contributed by atoms with E-state index in [0.29, 0.717) is 5.82 Å². The van der Waals surface area contributed by atoms with Crippen LogP contribution in [0.1, 0.15) is 40.0 Å². The number of pyridine rings is 6. The predicted octanol–water partition coefficient (Wildman–Crippen LogP) is 18.2. The maximum absolute atomic E-state index is 4.43. The van der Waals surface area contributed by atoms with Gasteiger partial charge in [-0.1, -0.05) is 54.6 Å². The molecule has 0 aliphatic heterocycles. The number of nitrogens with zero attached hydrogens (tertiary/aromatic N) is 13. The second kappa shape index (κ2) is 40.3. The van der Waals surface area contributed by atoms with Gasteiger partial charge >= 0.3 is 0 Å². The van der Waals surface area contributed by atoms with Gasteiger partial charge in [0.1, 0.15) is 23.3 Å². The Morgan fingerprint density at radius 2 is 0.550 bits per heavy atom. The zero-order valence-corrected chi connectivity index (χ0v) is 63.1. The molecule has 0 N–H and O–H groups in total. The van der Waals surface area contributed by atoms with Crippen LogP contribution < -0.4 is 0 Å². The van der Waals surface area contributed by atoms with Crippen LogP contribution in [0.4, 0.5) is 0 Å². The van der Waals surface area contributed by atoms with Crippen LogP contribution in [0, 0.1) is 84.9 Å². The van der Waals surface area contributed by atoms with Gasteiger partial charge in [-0.25, -0.2) is 34.9 Å². The number of hydrogen-bond donors (Lipinski definition) is 0. The summed E-state index contributed by atoms with van der Waals surface area (Å²) in [5, 5.41) is 0. The van der Waals surface area contributed by atoms with Crippen molar-refractivity contribution < 1.29 is 60.3 Å². The van der Waals surface area contributed by atoms with Crippen LogP contribution in [0.15, 0.2) is 280 Å². The molecule has 0 bridgehead atoms. The van der Waals surface area contributed by atoms with Crippen LogP contribution in [0.25, 0.3) is 101 Å². The predicted molar refractivity (Wildman–Crippen MR) is 385 cm³/mol. The molecule has 0 atom stereocenters. The average Bonchev–Trinajstić information content (AvgIpc) is 0.860. The quantitative estimate of drug-likeness (QED) is 0.125. The maximum Gasteiger partial charge on any atom is 0.162 e. The van der Waals surface area contributed by atoms with Gasteiger partial charge < -0.3 is 29.9 Å². The number of aryl methyl sites for hydroxylation is 7. The van der Waals surface area contributed by atoms with Crippen molar-refractivity contribution in [3.05, 3.63) is 357 Å². The average molecular weight is 1840 g/mol. The maximum atomic E-state index is 4.43. The van der Waals surface area contributed by atoms with Gasteiger partial charge in [-0.3, -0.25) is 0 Å². The van der Waals surface area contributed by atoms with Gasteiger partial charge in [0, 0.05) is 127 Å². The fourth-order valence-corrected chi connectivity index (χ4v) is 9.31. The van der Waals surface area contributed by atoms with E-state index in [1.807, 2.05) is 286 Å². The summed E-state index contributed by atoms with van der Waals surface area (Å²) >= 11 is 0. The van der Waals surface area contributed by atoms with Crippen LogP contribution >= 0.6 is 0 Å². The topological polar surface area (TPSA) is 168 Å². The Balaban J connectivity index is 0.000000169. The fourth-order valence-electron chi connectivity index (χ4n) is 9.31. The second-order valence-electron chi connectivity index (χ2n) is 21.9. The third-order valence-corrected chi connectivity index (χ3v) is 14.2. The summed E-state index contributed by atoms with van der Waals surface area (Å²) in [5.74, 6) is 3.65. The number of aromatic nitrogens is 13. The summed E-state index contributed by atoms with van der Waals surface area (Å²) in [5.41, 5.74) is 20.1. The molecule has 0 fully saturated rings. The van der Waals surface area contributed by atoms with Gasteiger partial charge in [-0.2, -0.15) is 0 Å². The zero-order chi connectivity index (χ0) is 67.4. The van der Waals surface area contributed by atoms with Gasteiger partial charge in [0.05, 0.1) is 5.69 Å². The summed E-state index contributed by atoms with van der Waals surface area (Å²) in [6, 6.07) is 91.9. The summed E-state index contributed by atoms with van der Waals surface area (Å²) in [4.78, 5) is 56.0. The van der Waals surface area contributed by atoms with Crippen molar-refractivity contribution in [1.82, 2.24) is 64.8 Å². The standard InChI is InChI=1S/C16H13N4.2C16H12N3.3C12H10N.3Ir/c1-11-18-12(2)20-16(19-11)14-8-9-17-15(10-14)13-6-4-3-5-7-13;1-12-17-10-8-15(19-12)14-7-9-18-16(11-14)13-5-3-2-4-6-13;1-12-18-10-15(11-19-12)14-7-8-17-16(9-14)13-5-3-2-4-6-13;3*1-10-7-8-12(13-9-10)11-5-3-2-4-6-11;;;/h3-6,8-10H,1-2H3;2*2-5,7-11H,1H3;3*2-5,7-9H,1H3;;;/q6*-1;;;. The normalized spacial score (nSPS) is 9.91. The fraction of sp³-hybridized carbons (Fsp3) is 0.0833. The molecule has 9 aromatic heterocycles. The number of rotatable bonds is 9. The molecule has 100 heavy (non-hydrogen) atoms. The Kier molecular flexibility index (Phi) is 30.9. The van der Waals surface area contributed by atoms with E-state index in [2.05, 4.69) is 119 Å². The van der Waals surface area contributed by atoms with Crippen molar-refractivity contribution in [3.63, 3.8) is 0 Å². The second-order valence-corrected chi connectivity index (χ2v) is 21.9. The molecule has 16 heteroatoms. The zero-order valence-electron chi connectivity index (χ0n) is 55.9. The van der Waals surface area contributed by atoms with E-state index in [0.717, 1.165) is 119 Å². The van der Waals surface area contributed by atoms with Gasteiger partial charge in [-0.05, 0) is 135 Å². The van der Waals surface area contributed by atoms with Crippen LogP contribution in [0.3, 0.4) is 0 Å². The van der Waals surface area contributed by atoms with Gasteiger partial charge in [-0.15, -0.1) is 215 Å². The molecule has 0 unspecified atom stereocenters. The van der Waals surface area contributed by atoms with E-state index in [4.69, 9.17) is 0 Å². The SMILES string of the molecule is Cc1ccc(-c2[c-]cccc2)nc1.Cc1ccc(-c2[c-]cccc2)nc1.Cc1ccc(-c2[c-]cccc2)nc1.Cc1nc(C)nc(-c2ccnc(-c3[c-]cccc3)c2)n1.Cc1ncc(-c2ccnc(-c3[c-]cccc3)c2)cn1.Cc1nccc(-c2ccnc(-c3[c-]cccc3)c2)n1.[Ir].[Ir].[Ir]. The van der Waals surface area contributed by atoms with Crippen LogP contribution in [0.2, 0.25) is 0 Å². The molecule has 0 spiro atoms. The largest absolute Gasteiger partial charge is 0.305 e. The summed E-state index contributed by atoms with van der Waals surface area (Å²) in [6.07, 6.45) is 16.4. The van der Waals surface area contributed by atoms with E-state index in [1.165, 1.54) is 16.7 Å². The van der Waals surface area contributed by atoms with Crippen molar-refractivity contribution in [2.45, 2.75) is 48.5 Å². The van der Waals surface area contributed by atoms with E-state index in [9.17, 15) is 0 Å². The minimum absolute atomic E-state index is 0. The molecular weight excluding hydrogens is 1770 g/mol. The molecule has 15 rings (SSSR count). The summed E-state index contributed by atoms with van der Waals surface area (Å²) in [6.45, 7) is 13.6. The first kappa shape index (κ1) is 76.7. The van der Waals surface area contributed by atoms with Gasteiger partial charge in [0.2, 0.25) is 0 Å². The van der Waals surface area contributed by atoms with E-state index < -0.39 is 0 Å². The van der Waals surface area contributed by atoms with Crippen molar-refractivity contribution >= 4 is 0 Å². The third kappa shape index (κ3) is 23.8. The van der Waals surface area contributed by atoms with Crippen LogP contribution in [-0.4, -0.2) is 64.8 Å². The first-order chi connectivity index (χ1) is 47.5. The molecule has 501 valence electrons. The van der Waals surface area contributed by atoms with Crippen LogP contribution in [-0.2, 0) is 60.3 Å². The number of hydrogen-bond acceptors (Lipinski definition) is 13. The van der Waals surface area contributed by atoms with E-state index >= 15 is 0 Å². The molecule has 0 aliphatic carbocycles. The molecule has 6 aromatic carbocycles. The Hall–Kier alpha value is -10.7. The monoisotopic (exact) mass is 1840 g/mol. The Morgan fingerprint density at radius 3 is 0.890 bits per heavy atom. The van der Waals surface area contributed by atoms with Gasteiger partial charge in [0.25, 0.3) is 0 Å². The molecule has 0 saturated carbocycles.